The van der Waals surface area contributed by atoms with Gasteiger partial charge in [-0.25, -0.2) is 9.97 Å². The number of aromatic nitrogens is 2. The average molecular weight is 231 g/mol. The highest BCUT2D eigenvalue weighted by molar-refractivity contribution is 7.98. The van der Waals surface area contributed by atoms with Gasteiger partial charge in [-0.05, 0) is 31.4 Å². The number of benzene rings is 1. The maximum Gasteiger partial charge on any atom is 0.189 e. The van der Waals surface area contributed by atoms with Gasteiger partial charge in [0.05, 0.1) is 0 Å². The van der Waals surface area contributed by atoms with Gasteiger partial charge in [0.1, 0.15) is 5.82 Å². The standard InChI is InChI=1S/C12H13N3S/c1-9-3-5-10(6-4-9)14-11-7-8-13-12(15-11)16-2/h3-8H,1-2H3,(H,13,14,15). The van der Waals surface area contributed by atoms with Crippen LogP contribution in [0.4, 0.5) is 11.5 Å². The Morgan fingerprint density at radius 3 is 2.56 bits per heavy atom. The third-order valence-corrected chi connectivity index (χ3v) is 2.70. The van der Waals surface area contributed by atoms with E-state index in [1.807, 2.05) is 24.5 Å². The number of nitrogens with zero attached hydrogens (tertiary/aromatic N) is 2. The molecule has 0 unspecified atom stereocenters. The molecule has 0 atom stereocenters. The number of hydrogen-bond donors (Lipinski definition) is 1. The topological polar surface area (TPSA) is 37.8 Å². The maximum absolute atomic E-state index is 4.35. The molecule has 82 valence electrons. The number of nitrogens with one attached hydrogen (secondary N) is 1. The fourth-order valence-corrected chi connectivity index (χ4v) is 1.65. The van der Waals surface area contributed by atoms with Crippen molar-refractivity contribution in [2.75, 3.05) is 11.6 Å². The average Bonchev–Trinajstić information content (AvgIpc) is 2.32. The van der Waals surface area contributed by atoms with Crippen LogP contribution < -0.4 is 5.32 Å². The molecule has 2 rings (SSSR count). The Morgan fingerprint density at radius 2 is 1.88 bits per heavy atom. The normalized spacial score (nSPS) is 10.1. The van der Waals surface area contributed by atoms with Crippen LogP contribution in [0.2, 0.25) is 0 Å². The first kappa shape index (κ1) is 11.0. The van der Waals surface area contributed by atoms with E-state index < -0.39 is 0 Å². The summed E-state index contributed by atoms with van der Waals surface area (Å²) < 4.78 is 0. The summed E-state index contributed by atoms with van der Waals surface area (Å²) in [6.07, 6.45) is 3.72. The van der Waals surface area contributed by atoms with Crippen molar-refractivity contribution in [2.24, 2.45) is 0 Å². The van der Waals surface area contributed by atoms with Crippen molar-refractivity contribution in [3.8, 4) is 0 Å². The second-order valence-electron chi connectivity index (χ2n) is 3.42. The Bertz CT molecular complexity index is 468. The zero-order valence-corrected chi connectivity index (χ0v) is 10.1. The Hall–Kier alpha value is -1.55. The molecule has 0 fully saturated rings. The molecule has 0 radical (unpaired) electrons. The smallest absolute Gasteiger partial charge is 0.189 e. The van der Waals surface area contributed by atoms with Crippen LogP contribution in [0, 0.1) is 6.92 Å². The van der Waals surface area contributed by atoms with Crippen LogP contribution in [-0.4, -0.2) is 16.2 Å². The summed E-state index contributed by atoms with van der Waals surface area (Å²) in [4.78, 5) is 8.48. The lowest BCUT2D eigenvalue weighted by Gasteiger charge is -2.06. The Morgan fingerprint density at radius 1 is 1.12 bits per heavy atom. The van der Waals surface area contributed by atoms with Gasteiger partial charge in [-0.3, -0.25) is 0 Å². The maximum atomic E-state index is 4.35. The second-order valence-corrected chi connectivity index (χ2v) is 4.19. The van der Waals surface area contributed by atoms with Gasteiger partial charge in [0.15, 0.2) is 5.16 Å². The predicted octanol–water partition coefficient (Wildman–Crippen LogP) is 3.25. The van der Waals surface area contributed by atoms with Crippen molar-refractivity contribution in [1.82, 2.24) is 9.97 Å². The van der Waals surface area contributed by atoms with Gasteiger partial charge in [0.25, 0.3) is 0 Å². The minimum Gasteiger partial charge on any atom is -0.340 e. The lowest BCUT2D eigenvalue weighted by Crippen LogP contribution is -1.95. The van der Waals surface area contributed by atoms with E-state index in [0.29, 0.717) is 0 Å². The zero-order valence-electron chi connectivity index (χ0n) is 9.27. The molecule has 3 nitrogen and oxygen atoms in total. The number of anilines is 2. The summed E-state index contributed by atoms with van der Waals surface area (Å²) in [5, 5.41) is 4.02. The highest BCUT2D eigenvalue weighted by Crippen LogP contribution is 2.16. The summed E-state index contributed by atoms with van der Waals surface area (Å²) in [6, 6.07) is 10.1. The quantitative estimate of drug-likeness (QED) is 0.650. The van der Waals surface area contributed by atoms with Crippen LogP contribution in [-0.2, 0) is 0 Å². The van der Waals surface area contributed by atoms with Crippen molar-refractivity contribution in [3.63, 3.8) is 0 Å². The molecule has 0 aliphatic carbocycles. The van der Waals surface area contributed by atoms with Gasteiger partial charge >= 0.3 is 0 Å². The van der Waals surface area contributed by atoms with Crippen molar-refractivity contribution >= 4 is 23.3 Å². The first-order chi connectivity index (χ1) is 7.78. The number of aryl methyl sites for hydroxylation is 1. The fourth-order valence-electron chi connectivity index (χ4n) is 1.29. The third-order valence-electron chi connectivity index (χ3n) is 2.14. The van der Waals surface area contributed by atoms with E-state index in [2.05, 4.69) is 34.3 Å². The lowest BCUT2D eigenvalue weighted by molar-refractivity contribution is 0.975. The van der Waals surface area contributed by atoms with Crippen LogP contribution in [0.3, 0.4) is 0 Å². The van der Waals surface area contributed by atoms with E-state index in [-0.39, 0.29) is 0 Å². The van der Waals surface area contributed by atoms with Crippen molar-refractivity contribution in [3.05, 3.63) is 42.1 Å². The molecule has 2 aromatic rings. The molecule has 0 amide bonds. The molecule has 0 saturated carbocycles. The molecule has 16 heavy (non-hydrogen) atoms. The molecule has 1 aromatic heterocycles. The molecule has 0 bridgehead atoms. The van der Waals surface area contributed by atoms with Crippen molar-refractivity contribution in [2.45, 2.75) is 12.1 Å². The molecule has 0 spiro atoms. The molecular weight excluding hydrogens is 218 g/mol. The monoisotopic (exact) mass is 231 g/mol. The Kier molecular flexibility index (Phi) is 3.41. The molecular formula is C12H13N3S. The molecule has 1 aromatic carbocycles. The minimum atomic E-state index is 0.775. The molecule has 1 heterocycles. The van der Waals surface area contributed by atoms with E-state index in [9.17, 15) is 0 Å². The highest BCUT2D eigenvalue weighted by atomic mass is 32.2. The Labute approximate surface area is 99.3 Å². The van der Waals surface area contributed by atoms with Gasteiger partial charge in [-0.2, -0.15) is 0 Å². The van der Waals surface area contributed by atoms with Gasteiger partial charge in [-0.15, -0.1) is 0 Å². The molecule has 0 aliphatic rings. The van der Waals surface area contributed by atoms with E-state index in [0.717, 1.165) is 16.7 Å². The van der Waals surface area contributed by atoms with Gasteiger partial charge in [0, 0.05) is 11.9 Å². The highest BCUT2D eigenvalue weighted by Gasteiger charge is 1.98. The Balaban J connectivity index is 2.16. The van der Waals surface area contributed by atoms with Gasteiger partial charge in [0.2, 0.25) is 0 Å². The van der Waals surface area contributed by atoms with Crippen molar-refractivity contribution in [1.29, 1.82) is 0 Å². The fraction of sp³-hybridized carbons (Fsp3) is 0.167. The van der Waals surface area contributed by atoms with Crippen LogP contribution in [0.1, 0.15) is 5.56 Å². The van der Waals surface area contributed by atoms with E-state index >= 15 is 0 Å². The molecule has 0 saturated heterocycles. The van der Waals surface area contributed by atoms with Crippen LogP contribution in [0.5, 0.6) is 0 Å². The van der Waals surface area contributed by atoms with E-state index in [4.69, 9.17) is 0 Å². The zero-order chi connectivity index (χ0) is 11.4. The summed E-state index contributed by atoms with van der Waals surface area (Å²) in [5.41, 5.74) is 2.29. The lowest BCUT2D eigenvalue weighted by atomic mass is 10.2. The minimum absolute atomic E-state index is 0.775. The first-order valence-corrected chi connectivity index (χ1v) is 6.21. The van der Waals surface area contributed by atoms with Gasteiger partial charge in [-0.1, -0.05) is 29.5 Å². The summed E-state index contributed by atoms with van der Waals surface area (Å²) in [6.45, 7) is 2.07. The van der Waals surface area contributed by atoms with E-state index in [1.54, 1.807) is 6.20 Å². The second kappa shape index (κ2) is 4.99. The number of hydrogen-bond acceptors (Lipinski definition) is 4. The van der Waals surface area contributed by atoms with Gasteiger partial charge < -0.3 is 5.32 Å². The summed E-state index contributed by atoms with van der Waals surface area (Å²) in [7, 11) is 0. The summed E-state index contributed by atoms with van der Waals surface area (Å²) >= 11 is 1.53. The SMILES string of the molecule is CSc1nccc(Nc2ccc(C)cc2)n1. The predicted molar refractivity (Wildman–Crippen MR) is 68.3 cm³/mol. The number of rotatable bonds is 3. The molecule has 4 heteroatoms. The molecule has 1 N–H and O–H groups in total. The number of thioether (sulfide) groups is 1. The van der Waals surface area contributed by atoms with Crippen molar-refractivity contribution < 1.29 is 0 Å². The van der Waals surface area contributed by atoms with Crippen LogP contribution in [0.15, 0.2) is 41.7 Å². The first-order valence-electron chi connectivity index (χ1n) is 4.98. The van der Waals surface area contributed by atoms with Crippen LogP contribution >= 0.6 is 11.8 Å². The summed E-state index contributed by atoms with van der Waals surface area (Å²) in [5.74, 6) is 0.822. The third kappa shape index (κ3) is 2.73. The van der Waals surface area contributed by atoms with Crippen LogP contribution in [0.25, 0.3) is 0 Å². The largest absolute Gasteiger partial charge is 0.340 e. The molecule has 0 aliphatic heterocycles. The van der Waals surface area contributed by atoms with E-state index in [1.165, 1.54) is 17.3 Å².